The predicted octanol–water partition coefficient (Wildman–Crippen LogP) is 0.763. The van der Waals surface area contributed by atoms with Crippen LogP contribution in [-0.4, -0.2) is 23.5 Å². The summed E-state index contributed by atoms with van der Waals surface area (Å²) in [5.41, 5.74) is 0.950. The van der Waals surface area contributed by atoms with Crippen molar-refractivity contribution in [2.75, 3.05) is 0 Å². The Kier molecular flexibility index (Phi) is 4.94. The Morgan fingerprint density at radius 2 is 2.33 bits per heavy atom. The predicted molar refractivity (Wildman–Crippen MR) is 51.3 cm³/mol. The van der Waals surface area contributed by atoms with E-state index in [0.29, 0.717) is 6.42 Å². The van der Waals surface area contributed by atoms with E-state index in [9.17, 15) is 9.59 Å². The van der Waals surface area contributed by atoms with Crippen LogP contribution in [0.25, 0.3) is 0 Å². The number of hydrogen-bond acceptors (Lipinski definition) is 2. The molecule has 0 unspecified atom stereocenters. The molecule has 0 radical (unpaired) electrons. The Balaban J connectivity index is 0.00000196. The van der Waals surface area contributed by atoms with Crippen molar-refractivity contribution in [1.82, 2.24) is 5.32 Å². The van der Waals surface area contributed by atoms with Crippen molar-refractivity contribution in [3.8, 4) is 0 Å². The first-order valence-electron chi connectivity index (χ1n) is 4.45. The van der Waals surface area contributed by atoms with Crippen molar-refractivity contribution in [2.24, 2.45) is 0 Å². The number of carboxylic acid groups (broad SMARTS) is 1. The van der Waals surface area contributed by atoms with Gasteiger partial charge in [0.1, 0.15) is 6.04 Å². The van der Waals surface area contributed by atoms with Crippen molar-refractivity contribution in [3.05, 3.63) is 23.8 Å². The van der Waals surface area contributed by atoms with E-state index in [2.05, 4.69) is 5.32 Å². The van der Waals surface area contributed by atoms with Gasteiger partial charge >= 0.3 is 5.97 Å². The van der Waals surface area contributed by atoms with Crippen LogP contribution < -0.4 is 5.32 Å². The van der Waals surface area contributed by atoms with Gasteiger partial charge in [0.25, 0.3) is 0 Å². The van der Waals surface area contributed by atoms with E-state index < -0.39 is 12.0 Å². The summed E-state index contributed by atoms with van der Waals surface area (Å²) < 4.78 is 0. The number of carboxylic acids is 1. The van der Waals surface area contributed by atoms with Gasteiger partial charge in [-0.15, -0.1) is 0 Å². The zero-order valence-electron chi connectivity index (χ0n) is 7.98. The van der Waals surface area contributed by atoms with E-state index in [4.69, 9.17) is 5.11 Å². The van der Waals surface area contributed by atoms with Crippen molar-refractivity contribution < 1.29 is 14.7 Å². The number of hydrogen-bond donors (Lipinski definition) is 2. The smallest absolute Gasteiger partial charge is 0.323 e. The van der Waals surface area contributed by atoms with Crippen molar-refractivity contribution >= 4 is 12.4 Å². The van der Waals surface area contributed by atoms with Gasteiger partial charge in [0, 0.05) is 6.42 Å². The van der Waals surface area contributed by atoms with Gasteiger partial charge in [-0.3, -0.25) is 4.79 Å². The third-order valence-corrected chi connectivity index (χ3v) is 2.04. The second-order valence-corrected chi connectivity index (χ2v) is 3.10. The maximum atomic E-state index is 10.7. The normalized spacial score (nSPS) is 15.9. The van der Waals surface area contributed by atoms with Gasteiger partial charge in [0.2, 0.25) is 0 Å². The first kappa shape index (κ1) is 12.4. The van der Waals surface area contributed by atoms with E-state index in [-0.39, 0.29) is 0 Å². The number of carbonyl (C=O) groups excluding carboxylic acids is 1. The van der Waals surface area contributed by atoms with Crippen LogP contribution in [0.5, 0.6) is 0 Å². The molecule has 1 amide bonds. The Morgan fingerprint density at radius 3 is 2.80 bits per heavy atom. The topological polar surface area (TPSA) is 66.4 Å². The molecule has 4 nitrogen and oxygen atoms in total. The fraction of sp³-hybridized carbons (Fsp3) is 0.400. The SMILES string of the molecule is O=[C-]N[C@@H](CC1=CCCC=C1)C(=O)O.[Fm]. The van der Waals surface area contributed by atoms with Crippen LogP contribution in [0.3, 0.4) is 0 Å². The fourth-order valence-corrected chi connectivity index (χ4v) is 1.33. The second-order valence-electron chi connectivity index (χ2n) is 3.10. The maximum Gasteiger partial charge on any atom is 0.323 e. The largest absolute Gasteiger partial charge is 0.520 e. The van der Waals surface area contributed by atoms with Gasteiger partial charge in [-0.2, -0.15) is 6.41 Å². The van der Waals surface area contributed by atoms with Crippen LogP contribution in [0.2, 0.25) is 0 Å². The van der Waals surface area contributed by atoms with E-state index >= 15 is 0 Å². The van der Waals surface area contributed by atoms with Gasteiger partial charge in [-0.05, 0) is 18.4 Å². The molecule has 0 aromatic rings. The molecule has 1 aliphatic carbocycles. The first-order chi connectivity index (χ1) is 6.74. The molecule has 0 aromatic heterocycles. The summed E-state index contributed by atoms with van der Waals surface area (Å²) in [5, 5.41) is 10.9. The number of allylic oxidation sites excluding steroid dienone is 3. The molecule has 0 bridgehead atoms. The number of nitrogens with one attached hydrogen (secondary N) is 1. The Hall–Kier alpha value is -2.58. The van der Waals surface area contributed by atoms with Gasteiger partial charge in [0.15, 0.2) is 0 Å². The molecule has 5 heteroatoms. The summed E-state index contributed by atoms with van der Waals surface area (Å²) in [5.74, 6) is -1.03. The number of rotatable bonds is 5. The van der Waals surface area contributed by atoms with Gasteiger partial charge < -0.3 is 15.2 Å². The zero-order valence-corrected chi connectivity index (χ0v) is 10.4. The molecule has 88 valence electrons. The summed E-state index contributed by atoms with van der Waals surface area (Å²) in [7, 11) is 0. The van der Waals surface area contributed by atoms with Crippen molar-refractivity contribution in [1.29, 1.82) is 0 Å². The van der Waals surface area contributed by atoms with Gasteiger partial charge in [-0.25, -0.2) is 0 Å². The third kappa shape index (κ3) is 3.76. The van der Waals surface area contributed by atoms with Crippen molar-refractivity contribution in [3.63, 3.8) is 0 Å². The Morgan fingerprint density at radius 1 is 1.60 bits per heavy atom. The summed E-state index contributed by atoms with van der Waals surface area (Å²) in [6.07, 6.45) is 9.54. The minimum absolute atomic E-state index is 0. The molecule has 0 aromatic carbocycles. The molecular formula is C10H12FmNO3-. The second kappa shape index (κ2) is 5.96. The third-order valence-electron chi connectivity index (χ3n) is 2.04. The maximum absolute atomic E-state index is 10.7. The van der Waals surface area contributed by atoms with E-state index in [1.54, 1.807) is 0 Å². The molecule has 0 fully saturated rings. The Bertz CT molecular complexity index is 286. The molecule has 15 heavy (non-hydrogen) atoms. The molecule has 0 saturated heterocycles. The van der Waals surface area contributed by atoms with Crippen LogP contribution in [0.15, 0.2) is 23.8 Å². The van der Waals surface area contributed by atoms with E-state index in [1.165, 1.54) is 6.41 Å². The molecule has 0 heterocycles. The van der Waals surface area contributed by atoms with E-state index in [1.807, 2.05) is 18.2 Å². The van der Waals surface area contributed by atoms with Crippen LogP contribution in [0.1, 0.15) is 19.3 Å². The standard InChI is InChI=1S/C10H12NO3.Fm/c12-7-11-9(10(13)14)6-8-4-2-1-3-5-8;/h2,4-5,9H,1,3,6H2,(H,11,12)(H,13,14);/q-1;/t9-;/m0./s1. The molecule has 1 atom stereocenters. The monoisotopic (exact) mass is 451 g/mol. The van der Waals surface area contributed by atoms with Crippen molar-refractivity contribution in [2.45, 2.75) is 25.3 Å². The molecule has 0 spiro atoms. The van der Waals surface area contributed by atoms with Crippen LogP contribution in [-0.2, 0) is 9.59 Å². The zero-order chi connectivity index (χ0) is 10.4. The molecule has 0 aliphatic heterocycles. The first-order valence-corrected chi connectivity index (χ1v) is 4.45. The number of carbonyl (C=O) groups is 1. The quantitative estimate of drug-likeness (QED) is 0.480. The summed E-state index contributed by atoms with van der Waals surface area (Å²) in [6, 6.07) is -0.874. The summed E-state index contributed by atoms with van der Waals surface area (Å²) in [4.78, 5) is 20.7. The average Bonchev–Trinajstić information content (AvgIpc) is 2.18. The minimum Gasteiger partial charge on any atom is -0.520 e. The molecule has 1 rings (SSSR count). The summed E-state index contributed by atoms with van der Waals surface area (Å²) in [6.45, 7) is 0. The molecule has 0 saturated carbocycles. The minimum atomic E-state index is -1.03. The number of amides is 1. The molecular weight excluding hydrogens is 439 g/mol. The van der Waals surface area contributed by atoms with Gasteiger partial charge in [0.05, 0.1) is 0 Å². The van der Waals surface area contributed by atoms with E-state index in [0.717, 1.165) is 18.4 Å². The van der Waals surface area contributed by atoms with Crippen LogP contribution >= 0.6 is 0 Å². The van der Waals surface area contributed by atoms with Crippen LogP contribution in [0.4, 0.5) is 0 Å². The average molecular weight is 451 g/mol. The summed E-state index contributed by atoms with van der Waals surface area (Å²) >= 11 is 0. The van der Waals surface area contributed by atoms with Crippen LogP contribution in [0, 0.1) is 0 Å². The molecule has 2 N–H and O–H groups in total. The molecule has 1 aliphatic rings. The fourth-order valence-electron chi connectivity index (χ4n) is 1.33. The van der Waals surface area contributed by atoms with Gasteiger partial charge in [-0.1, -0.05) is 18.2 Å². The Labute approximate surface area is 82.3 Å². The number of aliphatic carboxylic acids is 1.